The van der Waals surface area contributed by atoms with Gasteiger partial charge in [-0.1, -0.05) is 20.3 Å². The minimum Gasteiger partial charge on any atom is -0.496 e. The Morgan fingerprint density at radius 1 is 1.58 bits per heavy atom. The third-order valence-corrected chi connectivity index (χ3v) is 2.10. The van der Waals surface area contributed by atoms with Gasteiger partial charge in [0.25, 0.3) is 0 Å². The highest BCUT2D eigenvalue weighted by Gasteiger charge is 2.16. The van der Waals surface area contributed by atoms with Gasteiger partial charge in [0.2, 0.25) is 0 Å². The molecule has 70 valence electrons. The van der Waals surface area contributed by atoms with Gasteiger partial charge in [0.15, 0.2) is 0 Å². The molecule has 1 aliphatic rings. The van der Waals surface area contributed by atoms with Crippen molar-refractivity contribution >= 4 is 0 Å². The lowest BCUT2D eigenvalue weighted by molar-refractivity contribution is 0.212. The monoisotopic (exact) mass is 169 g/mol. The summed E-state index contributed by atoms with van der Waals surface area (Å²) in [6, 6.07) is 0.461. The van der Waals surface area contributed by atoms with Crippen LogP contribution in [-0.2, 0) is 4.74 Å². The summed E-state index contributed by atoms with van der Waals surface area (Å²) in [6.45, 7) is 6.24. The highest BCUT2D eigenvalue weighted by atomic mass is 16.5. The first-order chi connectivity index (χ1) is 5.88. The molecule has 0 radical (unpaired) electrons. The first-order valence-corrected chi connectivity index (χ1v) is 4.94. The van der Waals surface area contributed by atoms with Crippen LogP contribution in [0.15, 0.2) is 11.8 Å². The normalized spacial score (nSPS) is 18.7. The van der Waals surface area contributed by atoms with Gasteiger partial charge in [-0.15, -0.1) is 0 Å². The van der Waals surface area contributed by atoms with Crippen molar-refractivity contribution in [2.45, 2.75) is 39.2 Å². The summed E-state index contributed by atoms with van der Waals surface area (Å²) in [4.78, 5) is 0. The van der Waals surface area contributed by atoms with Crippen LogP contribution in [-0.4, -0.2) is 19.2 Å². The fourth-order valence-corrected chi connectivity index (χ4v) is 1.56. The van der Waals surface area contributed by atoms with Crippen LogP contribution in [0.4, 0.5) is 0 Å². The van der Waals surface area contributed by atoms with Gasteiger partial charge < -0.3 is 10.1 Å². The quantitative estimate of drug-likeness (QED) is 0.680. The first kappa shape index (κ1) is 9.59. The molecule has 1 aliphatic heterocycles. The molecule has 0 aromatic rings. The smallest absolute Gasteiger partial charge is 0.109 e. The van der Waals surface area contributed by atoms with Crippen LogP contribution >= 0.6 is 0 Å². The zero-order valence-electron chi connectivity index (χ0n) is 8.10. The van der Waals surface area contributed by atoms with E-state index >= 15 is 0 Å². The summed E-state index contributed by atoms with van der Waals surface area (Å²) in [5.41, 5.74) is 0. The summed E-state index contributed by atoms with van der Waals surface area (Å²) >= 11 is 0. The van der Waals surface area contributed by atoms with Gasteiger partial charge in [-0.05, 0) is 19.0 Å². The molecular weight excluding hydrogens is 150 g/mol. The zero-order chi connectivity index (χ0) is 8.81. The number of likely N-dealkylation sites (N-methyl/N-ethyl adjacent to an activating group) is 1. The van der Waals surface area contributed by atoms with Gasteiger partial charge in [-0.2, -0.15) is 0 Å². The lowest BCUT2D eigenvalue weighted by Crippen LogP contribution is -2.30. The molecule has 2 heteroatoms. The Hall–Kier alpha value is -0.500. The van der Waals surface area contributed by atoms with E-state index in [2.05, 4.69) is 25.2 Å². The van der Waals surface area contributed by atoms with Gasteiger partial charge in [-0.25, -0.2) is 0 Å². The summed E-state index contributed by atoms with van der Waals surface area (Å²) < 4.78 is 5.52. The number of rotatable bonds is 5. The molecule has 0 amide bonds. The Labute approximate surface area is 75.0 Å². The fourth-order valence-electron chi connectivity index (χ4n) is 1.56. The third-order valence-electron chi connectivity index (χ3n) is 2.10. The predicted molar refractivity (Wildman–Crippen MR) is 51.0 cm³/mol. The molecular formula is C10H19NO. The highest BCUT2D eigenvalue weighted by molar-refractivity contribution is 5.06. The molecule has 0 aromatic carbocycles. The van der Waals surface area contributed by atoms with Gasteiger partial charge in [0.1, 0.15) is 5.76 Å². The van der Waals surface area contributed by atoms with Crippen LogP contribution in [0.3, 0.4) is 0 Å². The molecule has 1 N–H and O–H groups in total. The lowest BCUT2D eigenvalue weighted by Gasteiger charge is -2.17. The standard InChI is InChI=1S/C10H19NO/c1-3-6-9(11-4-2)10-7-5-8-12-10/h7,9,11H,3-6,8H2,1-2H3. The first-order valence-electron chi connectivity index (χ1n) is 4.94. The zero-order valence-corrected chi connectivity index (χ0v) is 8.10. The Balaban J connectivity index is 2.40. The lowest BCUT2D eigenvalue weighted by atomic mass is 10.1. The summed E-state index contributed by atoms with van der Waals surface area (Å²) in [7, 11) is 0. The Morgan fingerprint density at radius 3 is 2.92 bits per heavy atom. The maximum atomic E-state index is 5.52. The second-order valence-corrected chi connectivity index (χ2v) is 3.14. The average molecular weight is 169 g/mol. The van der Waals surface area contributed by atoms with Crippen LogP contribution < -0.4 is 5.32 Å². The van der Waals surface area contributed by atoms with E-state index in [1.165, 1.54) is 18.6 Å². The number of hydrogen-bond donors (Lipinski definition) is 1. The molecule has 1 rings (SSSR count). The summed E-state index contributed by atoms with van der Waals surface area (Å²) in [6.07, 6.45) is 5.68. The molecule has 0 saturated carbocycles. The summed E-state index contributed by atoms with van der Waals surface area (Å²) in [5.74, 6) is 1.17. The van der Waals surface area contributed by atoms with Crippen LogP contribution in [0.5, 0.6) is 0 Å². The van der Waals surface area contributed by atoms with Crippen molar-refractivity contribution < 1.29 is 4.74 Å². The van der Waals surface area contributed by atoms with E-state index in [9.17, 15) is 0 Å². The molecule has 1 heterocycles. The van der Waals surface area contributed by atoms with Gasteiger partial charge in [-0.3, -0.25) is 0 Å². The van der Waals surface area contributed by atoms with E-state index in [1.54, 1.807) is 0 Å². The maximum Gasteiger partial charge on any atom is 0.109 e. The van der Waals surface area contributed by atoms with Crippen LogP contribution in [0, 0.1) is 0 Å². The number of hydrogen-bond acceptors (Lipinski definition) is 2. The van der Waals surface area contributed by atoms with Crippen LogP contribution in [0.1, 0.15) is 33.1 Å². The number of ether oxygens (including phenoxy) is 1. The molecule has 1 atom stereocenters. The SMILES string of the molecule is CCCC(NCC)C1=CCCO1. The highest BCUT2D eigenvalue weighted by Crippen LogP contribution is 2.16. The topological polar surface area (TPSA) is 21.3 Å². The van der Waals surface area contributed by atoms with Gasteiger partial charge >= 0.3 is 0 Å². The number of nitrogens with one attached hydrogen (secondary N) is 1. The van der Waals surface area contributed by atoms with Crippen molar-refractivity contribution in [2.75, 3.05) is 13.2 Å². The van der Waals surface area contributed by atoms with Crippen molar-refractivity contribution in [1.82, 2.24) is 5.32 Å². The largest absolute Gasteiger partial charge is 0.496 e. The Bertz CT molecular complexity index is 148. The van der Waals surface area contributed by atoms with E-state index < -0.39 is 0 Å². The van der Waals surface area contributed by atoms with E-state index in [1.807, 2.05) is 0 Å². The minimum absolute atomic E-state index is 0.461. The molecule has 1 unspecified atom stereocenters. The summed E-state index contributed by atoms with van der Waals surface area (Å²) in [5, 5.41) is 3.43. The second kappa shape index (κ2) is 5.20. The molecule has 0 aliphatic carbocycles. The molecule has 12 heavy (non-hydrogen) atoms. The minimum atomic E-state index is 0.461. The third kappa shape index (κ3) is 2.52. The fraction of sp³-hybridized carbons (Fsp3) is 0.800. The van der Waals surface area contributed by atoms with Crippen molar-refractivity contribution in [1.29, 1.82) is 0 Å². The Morgan fingerprint density at radius 2 is 2.42 bits per heavy atom. The molecule has 2 nitrogen and oxygen atoms in total. The van der Waals surface area contributed by atoms with Crippen LogP contribution in [0.2, 0.25) is 0 Å². The van der Waals surface area contributed by atoms with E-state index in [-0.39, 0.29) is 0 Å². The van der Waals surface area contributed by atoms with Gasteiger partial charge in [0, 0.05) is 6.42 Å². The Kier molecular flexibility index (Phi) is 4.15. The van der Waals surface area contributed by atoms with Crippen molar-refractivity contribution in [3.8, 4) is 0 Å². The van der Waals surface area contributed by atoms with E-state index in [0.29, 0.717) is 6.04 Å². The maximum absolute atomic E-state index is 5.52. The van der Waals surface area contributed by atoms with Crippen molar-refractivity contribution in [3.63, 3.8) is 0 Å². The van der Waals surface area contributed by atoms with Gasteiger partial charge in [0.05, 0.1) is 12.6 Å². The predicted octanol–water partition coefficient (Wildman–Crippen LogP) is 2.07. The van der Waals surface area contributed by atoms with E-state index in [0.717, 1.165) is 19.6 Å². The van der Waals surface area contributed by atoms with Crippen molar-refractivity contribution in [2.24, 2.45) is 0 Å². The molecule has 0 saturated heterocycles. The molecule has 0 aromatic heterocycles. The molecule has 0 spiro atoms. The molecule has 0 bridgehead atoms. The molecule has 0 fully saturated rings. The van der Waals surface area contributed by atoms with Crippen LogP contribution in [0.25, 0.3) is 0 Å². The van der Waals surface area contributed by atoms with Crippen molar-refractivity contribution in [3.05, 3.63) is 11.8 Å². The second-order valence-electron chi connectivity index (χ2n) is 3.14. The average Bonchev–Trinajstić information content (AvgIpc) is 2.56. The van der Waals surface area contributed by atoms with E-state index in [4.69, 9.17) is 4.74 Å².